The molecule has 1 atom stereocenters. The summed E-state index contributed by atoms with van der Waals surface area (Å²) in [6.45, 7) is 1.76. The Morgan fingerprint density at radius 1 is 1.16 bits per heavy atom. The van der Waals surface area contributed by atoms with E-state index in [0.717, 1.165) is 19.3 Å². The summed E-state index contributed by atoms with van der Waals surface area (Å²) in [5.41, 5.74) is 4.16. The average molecular weight is 265 g/mol. The van der Waals surface area contributed by atoms with Gasteiger partial charge in [-0.1, -0.05) is 0 Å². The monoisotopic (exact) mass is 265 g/mol. The Hall–Kier alpha value is -1.06. The molecule has 4 saturated carbocycles. The quantitative estimate of drug-likeness (QED) is 0.817. The zero-order valence-electron chi connectivity index (χ0n) is 11.5. The smallest absolute Gasteiger partial charge is 0.310 e. The summed E-state index contributed by atoms with van der Waals surface area (Å²) in [6.07, 6.45) is 6.73. The molecule has 4 fully saturated rings. The summed E-state index contributed by atoms with van der Waals surface area (Å²) in [6, 6.07) is 0. The van der Waals surface area contributed by atoms with Crippen molar-refractivity contribution < 1.29 is 14.7 Å². The van der Waals surface area contributed by atoms with Crippen molar-refractivity contribution in [3.63, 3.8) is 0 Å². The van der Waals surface area contributed by atoms with Gasteiger partial charge in [-0.2, -0.15) is 0 Å². The third-order valence-corrected chi connectivity index (χ3v) is 6.21. The number of primary amides is 1. The zero-order valence-corrected chi connectivity index (χ0v) is 11.5. The maximum absolute atomic E-state index is 11.9. The molecule has 4 bridgehead atoms. The van der Waals surface area contributed by atoms with Gasteiger partial charge in [0.2, 0.25) is 5.91 Å². The lowest BCUT2D eigenvalue weighted by atomic mass is 9.42. The van der Waals surface area contributed by atoms with Gasteiger partial charge in [-0.25, -0.2) is 0 Å². The average Bonchev–Trinajstić information content (AvgIpc) is 2.25. The van der Waals surface area contributed by atoms with Crippen LogP contribution >= 0.6 is 0 Å². The molecule has 3 N–H and O–H groups in total. The second kappa shape index (κ2) is 3.97. The first kappa shape index (κ1) is 12.9. The fourth-order valence-electron chi connectivity index (χ4n) is 5.62. The van der Waals surface area contributed by atoms with Crippen molar-refractivity contribution in [1.82, 2.24) is 0 Å². The highest BCUT2D eigenvalue weighted by atomic mass is 16.4. The molecule has 4 aliphatic carbocycles. The molecular weight excluding hydrogens is 242 g/mol. The standard InChI is InChI=1S/C15H23NO3/c1-14(13(18)19,8-12(16)17)15-5-9-2-10(6-15)4-11(3-9)7-15/h9-11H,2-8H2,1H3,(H2,16,17)(H,18,19). The summed E-state index contributed by atoms with van der Waals surface area (Å²) in [4.78, 5) is 23.2. The van der Waals surface area contributed by atoms with Crippen LogP contribution in [-0.2, 0) is 9.59 Å². The number of hydrogen-bond acceptors (Lipinski definition) is 2. The Kier molecular flexibility index (Phi) is 2.70. The van der Waals surface area contributed by atoms with Crippen LogP contribution in [0.3, 0.4) is 0 Å². The van der Waals surface area contributed by atoms with Gasteiger partial charge in [-0.15, -0.1) is 0 Å². The first-order valence-electron chi connectivity index (χ1n) is 7.36. The molecule has 19 heavy (non-hydrogen) atoms. The van der Waals surface area contributed by atoms with Gasteiger partial charge in [0.1, 0.15) is 0 Å². The van der Waals surface area contributed by atoms with E-state index in [1.807, 2.05) is 0 Å². The highest BCUT2D eigenvalue weighted by Crippen LogP contribution is 2.66. The number of carbonyl (C=O) groups excluding carboxylic acids is 1. The van der Waals surface area contributed by atoms with Crippen LogP contribution in [0.1, 0.15) is 51.9 Å². The highest BCUT2D eigenvalue weighted by molar-refractivity contribution is 5.84. The number of carbonyl (C=O) groups is 2. The first-order chi connectivity index (χ1) is 8.84. The van der Waals surface area contributed by atoms with Crippen LogP contribution in [0.2, 0.25) is 0 Å². The minimum atomic E-state index is -0.977. The topological polar surface area (TPSA) is 80.4 Å². The van der Waals surface area contributed by atoms with E-state index in [0.29, 0.717) is 17.8 Å². The van der Waals surface area contributed by atoms with Crippen LogP contribution in [0, 0.1) is 28.6 Å². The predicted molar refractivity (Wildman–Crippen MR) is 70.2 cm³/mol. The van der Waals surface area contributed by atoms with Crippen LogP contribution in [0.4, 0.5) is 0 Å². The molecule has 0 aromatic heterocycles. The maximum atomic E-state index is 11.9. The van der Waals surface area contributed by atoms with Crippen molar-refractivity contribution in [3.8, 4) is 0 Å². The zero-order chi connectivity index (χ0) is 13.8. The number of carboxylic acids is 1. The lowest BCUT2D eigenvalue weighted by Gasteiger charge is -2.61. The van der Waals surface area contributed by atoms with Gasteiger partial charge in [0.15, 0.2) is 0 Å². The van der Waals surface area contributed by atoms with Gasteiger partial charge in [0, 0.05) is 6.42 Å². The second-order valence-corrected chi connectivity index (χ2v) is 7.48. The van der Waals surface area contributed by atoms with E-state index in [4.69, 9.17) is 5.73 Å². The predicted octanol–water partition coefficient (Wildman–Crippen LogP) is 2.17. The summed E-state index contributed by atoms with van der Waals surface area (Å²) in [7, 11) is 0. The van der Waals surface area contributed by atoms with Gasteiger partial charge in [0.05, 0.1) is 5.41 Å². The molecule has 4 nitrogen and oxygen atoms in total. The number of rotatable bonds is 4. The Balaban J connectivity index is 1.97. The van der Waals surface area contributed by atoms with Crippen molar-refractivity contribution in [2.24, 2.45) is 34.3 Å². The van der Waals surface area contributed by atoms with E-state index in [1.54, 1.807) is 6.92 Å². The molecule has 1 unspecified atom stereocenters. The van der Waals surface area contributed by atoms with Crippen molar-refractivity contribution in [2.75, 3.05) is 0 Å². The van der Waals surface area contributed by atoms with E-state index in [9.17, 15) is 14.7 Å². The maximum Gasteiger partial charge on any atom is 0.310 e. The molecule has 0 heterocycles. The Labute approximate surface area is 113 Å². The van der Waals surface area contributed by atoms with Crippen LogP contribution in [0.5, 0.6) is 0 Å². The van der Waals surface area contributed by atoms with Crippen LogP contribution in [0.25, 0.3) is 0 Å². The fraction of sp³-hybridized carbons (Fsp3) is 0.867. The normalized spacial score (nSPS) is 42.9. The number of aliphatic carboxylic acids is 1. The summed E-state index contributed by atoms with van der Waals surface area (Å²) >= 11 is 0. The first-order valence-corrected chi connectivity index (χ1v) is 7.36. The van der Waals surface area contributed by atoms with Crippen molar-refractivity contribution >= 4 is 11.9 Å². The van der Waals surface area contributed by atoms with Gasteiger partial charge >= 0.3 is 5.97 Å². The molecule has 0 aliphatic heterocycles. The van der Waals surface area contributed by atoms with E-state index >= 15 is 0 Å². The molecule has 0 radical (unpaired) electrons. The Morgan fingerprint density at radius 2 is 1.58 bits per heavy atom. The molecule has 4 aliphatic rings. The molecule has 0 saturated heterocycles. The van der Waals surface area contributed by atoms with Gasteiger partial charge < -0.3 is 10.8 Å². The Bertz CT molecular complexity index is 396. The summed E-state index contributed by atoms with van der Waals surface area (Å²) in [5.74, 6) is 0.710. The second-order valence-electron chi connectivity index (χ2n) is 7.48. The molecule has 4 heteroatoms. The molecule has 0 aromatic rings. The lowest BCUT2D eigenvalue weighted by Crippen LogP contribution is -2.57. The SMILES string of the molecule is CC(CC(N)=O)(C(=O)O)C12CC3CC(CC(C3)C1)C2. The third kappa shape index (κ3) is 1.79. The lowest BCUT2D eigenvalue weighted by molar-refractivity contribution is -0.179. The van der Waals surface area contributed by atoms with E-state index in [2.05, 4.69) is 0 Å². The molecule has 4 rings (SSSR count). The van der Waals surface area contributed by atoms with Gasteiger partial charge in [-0.3, -0.25) is 9.59 Å². The number of amides is 1. The number of nitrogens with two attached hydrogens (primary N) is 1. The highest BCUT2D eigenvalue weighted by Gasteiger charge is 2.61. The summed E-state index contributed by atoms with van der Waals surface area (Å²) in [5, 5.41) is 9.73. The number of hydrogen-bond donors (Lipinski definition) is 2. The van der Waals surface area contributed by atoms with Crippen LogP contribution in [-0.4, -0.2) is 17.0 Å². The molecule has 0 spiro atoms. The minimum absolute atomic E-state index is 0.0194. The van der Waals surface area contributed by atoms with E-state index in [1.165, 1.54) is 19.3 Å². The van der Waals surface area contributed by atoms with Gasteiger partial charge in [-0.05, 0) is 68.6 Å². The molecule has 106 valence electrons. The van der Waals surface area contributed by atoms with Crippen molar-refractivity contribution in [1.29, 1.82) is 0 Å². The molecule has 1 amide bonds. The number of carboxylic acid groups (broad SMARTS) is 1. The van der Waals surface area contributed by atoms with Gasteiger partial charge in [0.25, 0.3) is 0 Å². The van der Waals surface area contributed by atoms with Crippen LogP contribution < -0.4 is 5.73 Å². The molecular formula is C15H23NO3. The summed E-state index contributed by atoms with van der Waals surface area (Å²) < 4.78 is 0. The fourth-order valence-corrected chi connectivity index (χ4v) is 5.62. The minimum Gasteiger partial charge on any atom is -0.481 e. The van der Waals surface area contributed by atoms with E-state index in [-0.39, 0.29) is 11.8 Å². The molecule has 0 aromatic carbocycles. The third-order valence-electron chi connectivity index (χ3n) is 6.21. The van der Waals surface area contributed by atoms with Crippen LogP contribution in [0.15, 0.2) is 0 Å². The largest absolute Gasteiger partial charge is 0.481 e. The van der Waals surface area contributed by atoms with Crippen molar-refractivity contribution in [3.05, 3.63) is 0 Å². The van der Waals surface area contributed by atoms with Crippen molar-refractivity contribution in [2.45, 2.75) is 51.9 Å². The Morgan fingerprint density at radius 3 is 1.89 bits per heavy atom. The van der Waals surface area contributed by atoms with E-state index < -0.39 is 17.3 Å².